The molecule has 1 saturated heterocycles. The summed E-state index contributed by atoms with van der Waals surface area (Å²) in [4.78, 5) is 0. The molecule has 1 aromatic rings. The number of hydrogen-bond donors (Lipinski definition) is 2. The maximum Gasteiger partial charge on any atom is 0.301 e. The molecule has 1 heterocycles. The van der Waals surface area contributed by atoms with Crippen molar-refractivity contribution in [1.29, 1.82) is 0 Å². The first-order valence-electron chi connectivity index (χ1n) is 6.55. The van der Waals surface area contributed by atoms with Gasteiger partial charge in [-0.15, -0.1) is 0 Å². The Balaban J connectivity index is 2.23. The summed E-state index contributed by atoms with van der Waals surface area (Å²) in [7, 11) is -3.46. The van der Waals surface area contributed by atoms with Crippen molar-refractivity contribution in [2.75, 3.05) is 23.5 Å². The average molecular weight is 283 g/mol. The third-order valence-electron chi connectivity index (χ3n) is 3.63. The third kappa shape index (κ3) is 3.01. The quantitative estimate of drug-likeness (QED) is 0.833. The zero-order valence-corrected chi connectivity index (χ0v) is 12.3. The molecule has 0 radical (unpaired) electrons. The molecule has 1 fully saturated rings. The lowest BCUT2D eigenvalue weighted by Gasteiger charge is -2.26. The molecule has 2 rings (SSSR count). The molecule has 3 N–H and O–H groups in total. The van der Waals surface area contributed by atoms with Crippen LogP contribution in [0.1, 0.15) is 30.4 Å². The minimum atomic E-state index is -3.46. The van der Waals surface area contributed by atoms with Crippen LogP contribution in [0.15, 0.2) is 12.1 Å². The second kappa shape index (κ2) is 5.38. The number of rotatable bonds is 3. The van der Waals surface area contributed by atoms with Crippen molar-refractivity contribution in [3.63, 3.8) is 0 Å². The molecule has 0 amide bonds. The van der Waals surface area contributed by atoms with Gasteiger partial charge in [-0.25, -0.2) is 0 Å². The normalized spacial score (nSPS) is 17.4. The highest BCUT2D eigenvalue weighted by Gasteiger charge is 2.24. The number of benzene rings is 1. The molecule has 0 aromatic heterocycles. The van der Waals surface area contributed by atoms with Gasteiger partial charge in [-0.3, -0.25) is 4.72 Å². The molecule has 0 atom stereocenters. The summed E-state index contributed by atoms with van der Waals surface area (Å²) in [6.07, 6.45) is 2.95. The van der Waals surface area contributed by atoms with Gasteiger partial charge >= 0.3 is 10.2 Å². The predicted octanol–water partition coefficient (Wildman–Crippen LogP) is 2.03. The van der Waals surface area contributed by atoms with Crippen LogP contribution in [0.4, 0.5) is 11.4 Å². The van der Waals surface area contributed by atoms with E-state index in [1.165, 1.54) is 4.31 Å². The van der Waals surface area contributed by atoms with E-state index in [4.69, 9.17) is 5.73 Å². The lowest BCUT2D eigenvalue weighted by molar-refractivity contribution is 0.349. The highest BCUT2D eigenvalue weighted by molar-refractivity contribution is 7.90. The Kier molecular flexibility index (Phi) is 4.01. The van der Waals surface area contributed by atoms with Gasteiger partial charge in [0.05, 0.1) is 5.69 Å². The van der Waals surface area contributed by atoms with E-state index < -0.39 is 10.2 Å². The molecule has 0 spiro atoms. The van der Waals surface area contributed by atoms with Crippen molar-refractivity contribution in [3.8, 4) is 0 Å². The monoisotopic (exact) mass is 283 g/mol. The van der Waals surface area contributed by atoms with Gasteiger partial charge in [0.1, 0.15) is 0 Å². The largest absolute Gasteiger partial charge is 0.398 e. The maximum absolute atomic E-state index is 12.3. The van der Waals surface area contributed by atoms with Crippen molar-refractivity contribution in [3.05, 3.63) is 23.3 Å². The van der Waals surface area contributed by atoms with E-state index in [0.717, 1.165) is 30.4 Å². The van der Waals surface area contributed by atoms with Gasteiger partial charge in [0.15, 0.2) is 0 Å². The van der Waals surface area contributed by atoms with E-state index in [-0.39, 0.29) is 0 Å². The summed E-state index contributed by atoms with van der Waals surface area (Å²) < 4.78 is 28.7. The SMILES string of the molecule is Cc1ccc(NS(=O)(=O)N2CCCCC2)c(C)c1N. The van der Waals surface area contributed by atoms with Gasteiger partial charge in [0.2, 0.25) is 0 Å². The average Bonchev–Trinajstić information content (AvgIpc) is 2.40. The van der Waals surface area contributed by atoms with E-state index in [1.54, 1.807) is 6.07 Å². The maximum atomic E-state index is 12.3. The minimum absolute atomic E-state index is 0.564. The van der Waals surface area contributed by atoms with E-state index in [1.807, 2.05) is 19.9 Å². The number of anilines is 2. The molecule has 1 aliphatic heterocycles. The smallest absolute Gasteiger partial charge is 0.301 e. The number of nitrogens with one attached hydrogen (secondary N) is 1. The summed E-state index contributed by atoms with van der Waals surface area (Å²) >= 11 is 0. The summed E-state index contributed by atoms with van der Waals surface area (Å²) in [6.45, 7) is 4.92. The van der Waals surface area contributed by atoms with Crippen LogP contribution < -0.4 is 10.5 Å². The van der Waals surface area contributed by atoms with Crippen LogP contribution >= 0.6 is 0 Å². The lowest BCUT2D eigenvalue weighted by Crippen LogP contribution is -2.39. The van der Waals surface area contributed by atoms with Crippen LogP contribution in [0.3, 0.4) is 0 Å². The zero-order valence-electron chi connectivity index (χ0n) is 11.4. The van der Waals surface area contributed by atoms with E-state index >= 15 is 0 Å². The molecule has 0 bridgehead atoms. The Morgan fingerprint density at radius 2 is 1.79 bits per heavy atom. The molecule has 106 valence electrons. The lowest BCUT2D eigenvalue weighted by atomic mass is 10.1. The van der Waals surface area contributed by atoms with Crippen molar-refractivity contribution < 1.29 is 8.42 Å². The molecule has 19 heavy (non-hydrogen) atoms. The molecule has 5 nitrogen and oxygen atoms in total. The van der Waals surface area contributed by atoms with E-state index in [2.05, 4.69) is 4.72 Å². The molecule has 1 aromatic carbocycles. The predicted molar refractivity (Wildman–Crippen MR) is 78.3 cm³/mol. The number of aryl methyl sites for hydroxylation is 1. The molecule has 0 aliphatic carbocycles. The van der Waals surface area contributed by atoms with Crippen LogP contribution in [0.5, 0.6) is 0 Å². The highest BCUT2D eigenvalue weighted by atomic mass is 32.2. The van der Waals surface area contributed by atoms with Gasteiger partial charge in [0.25, 0.3) is 0 Å². The second-order valence-electron chi connectivity index (χ2n) is 5.04. The third-order valence-corrected chi connectivity index (χ3v) is 5.15. The molecule has 0 saturated carbocycles. The molecular formula is C13H21N3O2S. The molecule has 0 unspecified atom stereocenters. The Bertz CT molecular complexity index is 563. The molecular weight excluding hydrogens is 262 g/mol. The summed E-state index contributed by atoms with van der Waals surface area (Å²) in [5.74, 6) is 0. The fraction of sp³-hybridized carbons (Fsp3) is 0.538. The fourth-order valence-electron chi connectivity index (χ4n) is 2.28. The van der Waals surface area contributed by atoms with E-state index in [9.17, 15) is 8.42 Å². The number of nitrogen functional groups attached to an aromatic ring is 1. The molecule has 6 heteroatoms. The highest BCUT2D eigenvalue weighted by Crippen LogP contribution is 2.26. The van der Waals surface area contributed by atoms with Crippen LogP contribution in [0.2, 0.25) is 0 Å². The second-order valence-corrected chi connectivity index (χ2v) is 6.71. The number of nitrogens with zero attached hydrogens (tertiary/aromatic N) is 1. The van der Waals surface area contributed by atoms with Crippen molar-refractivity contribution in [2.45, 2.75) is 33.1 Å². The Labute approximate surface area is 115 Å². The van der Waals surface area contributed by atoms with Gasteiger partial charge in [0, 0.05) is 18.8 Å². The Morgan fingerprint density at radius 3 is 2.42 bits per heavy atom. The molecule has 1 aliphatic rings. The standard InChI is InChI=1S/C13H21N3O2S/c1-10-6-7-12(11(2)13(10)14)15-19(17,18)16-8-4-3-5-9-16/h6-7,15H,3-5,8-9,14H2,1-2H3. The Morgan fingerprint density at radius 1 is 1.16 bits per heavy atom. The topological polar surface area (TPSA) is 75.4 Å². The van der Waals surface area contributed by atoms with Gasteiger partial charge in [-0.05, 0) is 43.9 Å². The van der Waals surface area contributed by atoms with E-state index in [0.29, 0.717) is 24.5 Å². The van der Waals surface area contributed by atoms with Gasteiger partial charge in [-0.1, -0.05) is 12.5 Å². The first-order chi connectivity index (χ1) is 8.92. The minimum Gasteiger partial charge on any atom is -0.398 e. The first-order valence-corrected chi connectivity index (χ1v) is 7.99. The van der Waals surface area contributed by atoms with Crippen LogP contribution in [-0.2, 0) is 10.2 Å². The number of piperidine rings is 1. The van der Waals surface area contributed by atoms with Crippen LogP contribution in [0, 0.1) is 13.8 Å². The van der Waals surface area contributed by atoms with Crippen LogP contribution in [0.25, 0.3) is 0 Å². The summed E-state index contributed by atoms with van der Waals surface area (Å²) in [5.41, 5.74) is 8.87. The number of nitrogens with two attached hydrogens (primary N) is 1. The Hall–Kier alpha value is -1.27. The summed E-state index contributed by atoms with van der Waals surface area (Å²) in [5, 5.41) is 0. The first kappa shape index (κ1) is 14.1. The van der Waals surface area contributed by atoms with Gasteiger partial charge < -0.3 is 5.73 Å². The summed E-state index contributed by atoms with van der Waals surface area (Å²) in [6, 6.07) is 3.60. The van der Waals surface area contributed by atoms with Crippen molar-refractivity contribution in [2.24, 2.45) is 0 Å². The van der Waals surface area contributed by atoms with Crippen molar-refractivity contribution >= 4 is 21.6 Å². The van der Waals surface area contributed by atoms with Gasteiger partial charge in [-0.2, -0.15) is 12.7 Å². The zero-order chi connectivity index (χ0) is 14.0. The number of hydrogen-bond acceptors (Lipinski definition) is 3. The van der Waals surface area contributed by atoms with Crippen LogP contribution in [-0.4, -0.2) is 25.8 Å². The fourth-order valence-corrected chi connectivity index (χ4v) is 3.65. The van der Waals surface area contributed by atoms with Crippen molar-refractivity contribution in [1.82, 2.24) is 4.31 Å².